The number of hydrogen-bond acceptors (Lipinski definition) is 2. The third-order valence-corrected chi connectivity index (χ3v) is 1.78. The number of ether oxygens (including phenoxy) is 1. The largest absolute Gasteiger partial charge is 0.494 e. The van der Waals surface area contributed by atoms with Crippen LogP contribution in [0, 0.1) is 17.7 Å². The summed E-state index contributed by atoms with van der Waals surface area (Å²) in [5.74, 6) is 5.68. The molecule has 1 aromatic rings. The Bertz CT molecular complexity index is 390. The van der Waals surface area contributed by atoms with Crippen LogP contribution < -0.4 is 4.74 Å². The van der Waals surface area contributed by atoms with Crippen molar-refractivity contribution in [1.82, 2.24) is 4.90 Å². The van der Waals surface area contributed by atoms with Gasteiger partial charge in [-0.1, -0.05) is 11.8 Å². The van der Waals surface area contributed by atoms with Crippen LogP contribution in [-0.2, 0) is 0 Å². The molecule has 0 heterocycles. The molecule has 0 radical (unpaired) electrons. The van der Waals surface area contributed by atoms with Crippen molar-refractivity contribution in [2.75, 3.05) is 27.7 Å². The summed E-state index contributed by atoms with van der Waals surface area (Å²) in [5.41, 5.74) is 0.662. The van der Waals surface area contributed by atoms with Gasteiger partial charge in [0.05, 0.1) is 13.7 Å². The number of benzene rings is 1. The second kappa shape index (κ2) is 5.38. The molecule has 0 bridgehead atoms. The highest BCUT2D eigenvalue weighted by atomic mass is 19.1. The summed E-state index contributed by atoms with van der Waals surface area (Å²) in [6, 6.07) is 4.70. The summed E-state index contributed by atoms with van der Waals surface area (Å²) in [5, 5.41) is 0. The molecular weight excluding hydrogens is 193 g/mol. The van der Waals surface area contributed by atoms with Gasteiger partial charge in [-0.3, -0.25) is 4.90 Å². The zero-order valence-electron chi connectivity index (χ0n) is 9.17. The molecule has 0 aliphatic heterocycles. The average molecular weight is 207 g/mol. The Labute approximate surface area is 89.7 Å². The van der Waals surface area contributed by atoms with Crippen molar-refractivity contribution in [2.24, 2.45) is 0 Å². The number of methoxy groups -OCH3 is 1. The molecule has 3 heteroatoms. The highest BCUT2D eigenvalue weighted by Crippen LogP contribution is 2.16. The first-order valence-corrected chi connectivity index (χ1v) is 4.60. The molecule has 0 fully saturated rings. The van der Waals surface area contributed by atoms with E-state index >= 15 is 0 Å². The standard InChI is InChI=1S/C12H14FNO/c1-14(2)8-4-5-10-6-7-12(15-3)11(13)9-10/h6-7,9H,8H2,1-3H3. The van der Waals surface area contributed by atoms with Gasteiger partial charge in [0.1, 0.15) is 0 Å². The van der Waals surface area contributed by atoms with Gasteiger partial charge in [-0.2, -0.15) is 0 Å². The zero-order chi connectivity index (χ0) is 11.3. The Morgan fingerprint density at radius 3 is 2.67 bits per heavy atom. The molecule has 0 unspecified atom stereocenters. The molecule has 80 valence electrons. The Kier molecular flexibility index (Phi) is 4.14. The molecule has 0 aliphatic rings. The molecule has 0 atom stereocenters. The minimum Gasteiger partial charge on any atom is -0.494 e. The predicted molar refractivity (Wildman–Crippen MR) is 58.4 cm³/mol. The van der Waals surface area contributed by atoms with Gasteiger partial charge in [0, 0.05) is 5.56 Å². The number of rotatable bonds is 2. The lowest BCUT2D eigenvalue weighted by molar-refractivity contribution is 0.386. The SMILES string of the molecule is COc1ccc(C#CCN(C)C)cc1F. The molecule has 0 saturated heterocycles. The van der Waals surface area contributed by atoms with Gasteiger partial charge in [0.15, 0.2) is 11.6 Å². The summed E-state index contributed by atoms with van der Waals surface area (Å²) in [6.45, 7) is 0.660. The van der Waals surface area contributed by atoms with Crippen LogP contribution >= 0.6 is 0 Å². The molecule has 1 aromatic carbocycles. The summed E-state index contributed by atoms with van der Waals surface area (Å²) < 4.78 is 18.0. The van der Waals surface area contributed by atoms with Crippen LogP contribution in [0.1, 0.15) is 5.56 Å². The van der Waals surface area contributed by atoms with Gasteiger partial charge in [-0.25, -0.2) is 4.39 Å². The molecule has 0 amide bonds. The maximum atomic E-state index is 13.2. The number of halogens is 1. The number of nitrogens with zero attached hydrogens (tertiary/aromatic N) is 1. The van der Waals surface area contributed by atoms with Gasteiger partial charge < -0.3 is 4.74 Å². The van der Waals surface area contributed by atoms with E-state index in [2.05, 4.69) is 11.8 Å². The molecular formula is C12H14FNO. The van der Waals surface area contributed by atoms with E-state index in [-0.39, 0.29) is 11.6 Å². The fourth-order valence-electron chi connectivity index (χ4n) is 1.04. The second-order valence-electron chi connectivity index (χ2n) is 3.39. The van der Waals surface area contributed by atoms with Crippen LogP contribution in [0.3, 0.4) is 0 Å². The Morgan fingerprint density at radius 1 is 1.40 bits per heavy atom. The van der Waals surface area contributed by atoms with Crippen molar-refractivity contribution in [3.8, 4) is 17.6 Å². The van der Waals surface area contributed by atoms with E-state index < -0.39 is 0 Å². The van der Waals surface area contributed by atoms with Crippen LogP contribution in [0.2, 0.25) is 0 Å². The first-order chi connectivity index (χ1) is 7.13. The zero-order valence-corrected chi connectivity index (χ0v) is 9.17. The Hall–Kier alpha value is -1.53. The van der Waals surface area contributed by atoms with Crippen LogP contribution in [0.15, 0.2) is 18.2 Å². The third kappa shape index (κ3) is 3.61. The van der Waals surface area contributed by atoms with Crippen LogP contribution in [0.25, 0.3) is 0 Å². The van der Waals surface area contributed by atoms with Crippen LogP contribution in [0.5, 0.6) is 5.75 Å². The smallest absolute Gasteiger partial charge is 0.166 e. The molecule has 0 N–H and O–H groups in total. The molecule has 0 aromatic heterocycles. The van der Waals surface area contributed by atoms with Crippen molar-refractivity contribution in [1.29, 1.82) is 0 Å². The maximum Gasteiger partial charge on any atom is 0.166 e. The van der Waals surface area contributed by atoms with Crippen LogP contribution in [-0.4, -0.2) is 32.6 Å². The van der Waals surface area contributed by atoms with E-state index in [1.807, 2.05) is 19.0 Å². The van der Waals surface area contributed by atoms with Crippen molar-refractivity contribution >= 4 is 0 Å². The van der Waals surface area contributed by atoms with Crippen molar-refractivity contribution < 1.29 is 9.13 Å². The fraction of sp³-hybridized carbons (Fsp3) is 0.333. The van der Waals surface area contributed by atoms with Crippen molar-refractivity contribution in [3.05, 3.63) is 29.6 Å². The van der Waals surface area contributed by atoms with E-state index in [0.29, 0.717) is 12.1 Å². The van der Waals surface area contributed by atoms with E-state index in [0.717, 1.165) is 0 Å². The summed E-state index contributed by atoms with van der Waals surface area (Å²) in [6.07, 6.45) is 0. The van der Waals surface area contributed by atoms with Gasteiger partial charge in [-0.15, -0.1) is 0 Å². The topological polar surface area (TPSA) is 12.5 Å². The van der Waals surface area contributed by atoms with Crippen molar-refractivity contribution in [2.45, 2.75) is 0 Å². The van der Waals surface area contributed by atoms with Crippen LogP contribution in [0.4, 0.5) is 4.39 Å². The highest BCUT2D eigenvalue weighted by molar-refractivity contribution is 5.39. The second-order valence-corrected chi connectivity index (χ2v) is 3.39. The molecule has 15 heavy (non-hydrogen) atoms. The lowest BCUT2D eigenvalue weighted by atomic mass is 10.2. The molecule has 0 spiro atoms. The Morgan fingerprint density at radius 2 is 2.13 bits per heavy atom. The monoisotopic (exact) mass is 207 g/mol. The first kappa shape index (κ1) is 11.5. The van der Waals surface area contributed by atoms with Gasteiger partial charge >= 0.3 is 0 Å². The number of hydrogen-bond donors (Lipinski definition) is 0. The summed E-state index contributed by atoms with van der Waals surface area (Å²) in [4.78, 5) is 1.95. The molecule has 1 rings (SSSR count). The lowest BCUT2D eigenvalue weighted by Crippen LogP contribution is -2.10. The van der Waals surface area contributed by atoms with E-state index in [1.165, 1.54) is 13.2 Å². The fourth-order valence-corrected chi connectivity index (χ4v) is 1.04. The molecule has 0 aliphatic carbocycles. The van der Waals surface area contributed by atoms with Crippen molar-refractivity contribution in [3.63, 3.8) is 0 Å². The van der Waals surface area contributed by atoms with Gasteiger partial charge in [0.2, 0.25) is 0 Å². The summed E-state index contributed by atoms with van der Waals surface area (Å²) in [7, 11) is 5.31. The lowest BCUT2D eigenvalue weighted by Gasteiger charge is -2.02. The Balaban J connectivity index is 2.78. The first-order valence-electron chi connectivity index (χ1n) is 4.60. The normalized spacial score (nSPS) is 9.67. The van der Waals surface area contributed by atoms with E-state index in [1.54, 1.807) is 12.1 Å². The maximum absolute atomic E-state index is 13.2. The predicted octanol–water partition coefficient (Wildman–Crippen LogP) is 1.75. The highest BCUT2D eigenvalue weighted by Gasteiger charge is 2.00. The van der Waals surface area contributed by atoms with Gasteiger partial charge in [0.25, 0.3) is 0 Å². The molecule has 0 saturated carbocycles. The summed E-state index contributed by atoms with van der Waals surface area (Å²) >= 11 is 0. The minimum absolute atomic E-state index is 0.244. The minimum atomic E-state index is -0.380. The van der Waals surface area contributed by atoms with E-state index in [9.17, 15) is 4.39 Å². The van der Waals surface area contributed by atoms with E-state index in [4.69, 9.17) is 4.74 Å². The quantitative estimate of drug-likeness (QED) is 0.685. The molecule has 2 nitrogen and oxygen atoms in total. The third-order valence-electron chi connectivity index (χ3n) is 1.78. The average Bonchev–Trinajstić information content (AvgIpc) is 2.17. The van der Waals surface area contributed by atoms with Gasteiger partial charge in [-0.05, 0) is 32.3 Å².